The molecule has 0 fully saturated rings. The maximum atomic E-state index is 12.0. The van der Waals surface area contributed by atoms with Crippen LogP contribution in [0.4, 0.5) is 10.6 Å². The van der Waals surface area contributed by atoms with Crippen molar-refractivity contribution in [1.29, 1.82) is 0 Å². The van der Waals surface area contributed by atoms with Gasteiger partial charge in [-0.15, -0.1) is 0 Å². The molecule has 0 unspecified atom stereocenters. The molecule has 8 nitrogen and oxygen atoms in total. The zero-order valence-corrected chi connectivity index (χ0v) is 15.5. The smallest absolute Gasteiger partial charge is 0.321 e. The van der Waals surface area contributed by atoms with Crippen molar-refractivity contribution in [3.05, 3.63) is 53.0 Å². The van der Waals surface area contributed by atoms with Crippen LogP contribution in [0.5, 0.6) is 0 Å². The van der Waals surface area contributed by atoms with Gasteiger partial charge in [0.25, 0.3) is 5.91 Å². The minimum absolute atomic E-state index is 0.334. The number of nitrogens with two attached hydrogens (primary N) is 1. The lowest BCUT2D eigenvalue weighted by atomic mass is 10.2. The number of nitrogens with one attached hydrogen (secondary N) is 2. The standard InChI is InChI=1S/C19H22N6O2/c1-11-12(2)22-17(20)15-16(11)25(13(3)23-15)10-9-21-19(27)24-18(26)14-7-5-4-6-8-14/h4-8H,9-10H2,1-3H3,(H2,20,22)(H2,21,24,26,27). The molecule has 2 aromatic heterocycles. The van der Waals surface area contributed by atoms with Crippen LogP contribution in [-0.4, -0.2) is 33.0 Å². The van der Waals surface area contributed by atoms with E-state index in [0.29, 0.717) is 30.0 Å². The average Bonchev–Trinajstić information content (AvgIpc) is 2.98. The summed E-state index contributed by atoms with van der Waals surface area (Å²) < 4.78 is 2.00. The van der Waals surface area contributed by atoms with Crippen LogP contribution in [-0.2, 0) is 6.54 Å². The van der Waals surface area contributed by atoms with Gasteiger partial charge in [-0.1, -0.05) is 18.2 Å². The van der Waals surface area contributed by atoms with Crippen LogP contribution in [0, 0.1) is 20.8 Å². The monoisotopic (exact) mass is 366 g/mol. The van der Waals surface area contributed by atoms with Gasteiger partial charge in [0.15, 0.2) is 5.82 Å². The van der Waals surface area contributed by atoms with Crippen LogP contribution >= 0.6 is 0 Å². The van der Waals surface area contributed by atoms with Gasteiger partial charge in [-0.05, 0) is 38.5 Å². The van der Waals surface area contributed by atoms with Gasteiger partial charge in [-0.25, -0.2) is 14.8 Å². The van der Waals surface area contributed by atoms with E-state index in [1.54, 1.807) is 30.3 Å². The molecule has 3 rings (SSSR count). The molecule has 8 heteroatoms. The van der Waals surface area contributed by atoms with Crippen molar-refractivity contribution < 1.29 is 9.59 Å². The third-order valence-corrected chi connectivity index (χ3v) is 4.47. The van der Waals surface area contributed by atoms with Gasteiger partial charge >= 0.3 is 6.03 Å². The van der Waals surface area contributed by atoms with E-state index in [9.17, 15) is 9.59 Å². The van der Waals surface area contributed by atoms with Crippen LogP contribution in [0.1, 0.15) is 27.4 Å². The highest BCUT2D eigenvalue weighted by Crippen LogP contribution is 2.25. The van der Waals surface area contributed by atoms with E-state index in [2.05, 4.69) is 20.6 Å². The number of aromatic nitrogens is 3. The van der Waals surface area contributed by atoms with Crippen LogP contribution in [0.15, 0.2) is 30.3 Å². The maximum absolute atomic E-state index is 12.0. The summed E-state index contributed by atoms with van der Waals surface area (Å²) in [6.45, 7) is 6.59. The zero-order valence-electron chi connectivity index (χ0n) is 15.5. The fraction of sp³-hybridized carbons (Fsp3) is 0.263. The minimum Gasteiger partial charge on any atom is -0.382 e. The number of anilines is 1. The third-order valence-electron chi connectivity index (χ3n) is 4.47. The Bertz CT molecular complexity index is 1010. The second-order valence-corrected chi connectivity index (χ2v) is 6.29. The van der Waals surface area contributed by atoms with Crippen molar-refractivity contribution in [1.82, 2.24) is 25.2 Å². The highest BCUT2D eigenvalue weighted by atomic mass is 16.2. The molecule has 140 valence electrons. The molecule has 0 atom stereocenters. The van der Waals surface area contributed by atoms with Crippen molar-refractivity contribution in [3.63, 3.8) is 0 Å². The first kappa shape index (κ1) is 18.4. The first-order chi connectivity index (χ1) is 12.9. The molecular weight excluding hydrogens is 344 g/mol. The Labute approximate surface area is 156 Å². The van der Waals surface area contributed by atoms with E-state index in [1.807, 2.05) is 25.3 Å². The highest BCUT2D eigenvalue weighted by Gasteiger charge is 2.16. The van der Waals surface area contributed by atoms with Gasteiger partial charge in [0, 0.05) is 24.3 Å². The number of pyridine rings is 1. The Morgan fingerprint density at radius 1 is 1.11 bits per heavy atom. The van der Waals surface area contributed by atoms with Crippen molar-refractivity contribution in [2.24, 2.45) is 0 Å². The van der Waals surface area contributed by atoms with E-state index in [4.69, 9.17) is 5.73 Å². The summed E-state index contributed by atoms with van der Waals surface area (Å²) in [5.41, 5.74) is 9.85. The lowest BCUT2D eigenvalue weighted by molar-refractivity contribution is 0.0964. The maximum Gasteiger partial charge on any atom is 0.321 e. The SMILES string of the molecule is Cc1nc(N)c2nc(C)n(CCNC(=O)NC(=O)c3ccccc3)c2c1C. The fourth-order valence-corrected chi connectivity index (χ4v) is 2.98. The van der Waals surface area contributed by atoms with Crippen molar-refractivity contribution >= 4 is 28.8 Å². The summed E-state index contributed by atoms with van der Waals surface area (Å²) in [5, 5.41) is 5.01. The Morgan fingerprint density at radius 2 is 1.81 bits per heavy atom. The first-order valence-electron chi connectivity index (χ1n) is 8.62. The number of aryl methyl sites for hydroxylation is 3. The van der Waals surface area contributed by atoms with Crippen LogP contribution in [0.25, 0.3) is 11.0 Å². The summed E-state index contributed by atoms with van der Waals surface area (Å²) in [4.78, 5) is 32.8. The lowest BCUT2D eigenvalue weighted by Gasteiger charge is -2.11. The number of imidazole rings is 1. The molecule has 1 aromatic carbocycles. The van der Waals surface area contributed by atoms with Crippen LogP contribution in [0.2, 0.25) is 0 Å². The number of hydrogen-bond acceptors (Lipinski definition) is 5. The van der Waals surface area contributed by atoms with Gasteiger partial charge < -0.3 is 15.6 Å². The fourth-order valence-electron chi connectivity index (χ4n) is 2.98. The molecule has 0 spiro atoms. The molecule has 0 radical (unpaired) electrons. The van der Waals surface area contributed by atoms with E-state index in [-0.39, 0.29) is 0 Å². The molecule has 3 amide bonds. The topological polar surface area (TPSA) is 115 Å². The van der Waals surface area contributed by atoms with E-state index in [1.165, 1.54) is 0 Å². The molecular formula is C19H22N6O2. The highest BCUT2D eigenvalue weighted by molar-refractivity contribution is 6.04. The zero-order chi connectivity index (χ0) is 19.6. The van der Waals surface area contributed by atoms with Crippen LogP contribution < -0.4 is 16.4 Å². The van der Waals surface area contributed by atoms with Crippen LogP contribution in [0.3, 0.4) is 0 Å². The molecule has 0 saturated heterocycles. The number of nitrogens with zero attached hydrogens (tertiary/aromatic N) is 3. The molecule has 0 aliphatic rings. The summed E-state index contributed by atoms with van der Waals surface area (Å²) in [6, 6.07) is 8.04. The Morgan fingerprint density at radius 3 is 2.52 bits per heavy atom. The molecule has 0 bridgehead atoms. The van der Waals surface area contributed by atoms with E-state index in [0.717, 1.165) is 22.6 Å². The predicted molar refractivity (Wildman–Crippen MR) is 103 cm³/mol. The average molecular weight is 366 g/mol. The third kappa shape index (κ3) is 3.74. The number of benzene rings is 1. The molecule has 27 heavy (non-hydrogen) atoms. The Kier molecular flexibility index (Phi) is 5.07. The summed E-state index contributed by atoms with van der Waals surface area (Å²) >= 11 is 0. The largest absolute Gasteiger partial charge is 0.382 e. The number of amides is 3. The predicted octanol–water partition coefficient (Wildman–Crippen LogP) is 2.08. The van der Waals surface area contributed by atoms with Gasteiger partial charge in [0.2, 0.25) is 0 Å². The molecule has 2 heterocycles. The number of fused-ring (bicyclic) bond motifs is 1. The number of rotatable bonds is 4. The van der Waals surface area contributed by atoms with Crippen molar-refractivity contribution in [2.45, 2.75) is 27.3 Å². The Balaban J connectivity index is 1.66. The van der Waals surface area contributed by atoms with Crippen molar-refractivity contribution in [3.8, 4) is 0 Å². The first-order valence-corrected chi connectivity index (χ1v) is 8.62. The summed E-state index contributed by atoms with van der Waals surface area (Å²) in [5.74, 6) is 0.742. The molecule has 3 aromatic rings. The second kappa shape index (κ2) is 7.45. The van der Waals surface area contributed by atoms with E-state index >= 15 is 0 Å². The van der Waals surface area contributed by atoms with Crippen molar-refractivity contribution in [2.75, 3.05) is 12.3 Å². The van der Waals surface area contributed by atoms with Gasteiger partial charge in [0.1, 0.15) is 11.3 Å². The molecule has 0 aliphatic heterocycles. The molecule has 0 aliphatic carbocycles. The number of imide groups is 1. The minimum atomic E-state index is -0.542. The normalized spacial score (nSPS) is 10.8. The Hall–Kier alpha value is -3.42. The number of urea groups is 1. The second-order valence-electron chi connectivity index (χ2n) is 6.29. The summed E-state index contributed by atoms with van der Waals surface area (Å²) in [6.07, 6.45) is 0. The van der Waals surface area contributed by atoms with Gasteiger partial charge in [0.05, 0.1) is 5.52 Å². The lowest BCUT2D eigenvalue weighted by Crippen LogP contribution is -2.40. The van der Waals surface area contributed by atoms with Gasteiger partial charge in [-0.2, -0.15) is 0 Å². The summed E-state index contributed by atoms with van der Waals surface area (Å²) in [7, 11) is 0. The quantitative estimate of drug-likeness (QED) is 0.654. The number of nitrogen functional groups attached to an aromatic ring is 1. The molecule has 0 saturated carbocycles. The van der Waals surface area contributed by atoms with E-state index < -0.39 is 11.9 Å². The van der Waals surface area contributed by atoms with Gasteiger partial charge in [-0.3, -0.25) is 10.1 Å². The number of carbonyl (C=O) groups is 2. The number of hydrogen-bond donors (Lipinski definition) is 3. The molecule has 4 N–H and O–H groups in total. The number of carbonyl (C=O) groups excluding carboxylic acids is 2.